The first kappa shape index (κ1) is 20.7. The van der Waals surface area contributed by atoms with Gasteiger partial charge in [-0.25, -0.2) is 5.01 Å². The normalized spacial score (nSPS) is 22.4. The van der Waals surface area contributed by atoms with Gasteiger partial charge < -0.3 is 10.2 Å². The highest BCUT2D eigenvalue weighted by molar-refractivity contribution is 6.30. The molecule has 3 rings (SSSR count). The number of halogens is 1. The van der Waals surface area contributed by atoms with Crippen LogP contribution in [0.4, 0.5) is 0 Å². The van der Waals surface area contributed by atoms with E-state index in [1.165, 1.54) is 30.8 Å². The number of hydrazine groups is 1. The molecule has 0 aliphatic carbocycles. The first-order valence-corrected chi connectivity index (χ1v) is 10.5. The zero-order valence-electron chi connectivity index (χ0n) is 16.5. The van der Waals surface area contributed by atoms with Gasteiger partial charge in [0.2, 0.25) is 11.8 Å². The third kappa shape index (κ3) is 5.72. The third-order valence-corrected chi connectivity index (χ3v) is 5.82. The van der Waals surface area contributed by atoms with Crippen LogP contribution < -0.4 is 15.6 Å². The van der Waals surface area contributed by atoms with Gasteiger partial charge in [-0.3, -0.25) is 15.0 Å². The highest BCUT2D eigenvalue weighted by atomic mass is 35.5. The molecular weight excluding hydrogens is 376 g/mol. The van der Waals surface area contributed by atoms with Crippen molar-refractivity contribution in [2.45, 2.75) is 45.1 Å². The van der Waals surface area contributed by atoms with Crippen LogP contribution in [0.3, 0.4) is 0 Å². The van der Waals surface area contributed by atoms with E-state index in [2.05, 4.69) is 17.7 Å². The Balaban J connectivity index is 1.42. The quantitative estimate of drug-likeness (QED) is 0.600. The summed E-state index contributed by atoms with van der Waals surface area (Å²) < 4.78 is 0. The molecule has 1 fully saturated rings. The zero-order valence-corrected chi connectivity index (χ0v) is 17.2. The number of amides is 2. The molecule has 3 N–H and O–H groups in total. The number of hydrogen-bond donors (Lipinski definition) is 3. The van der Waals surface area contributed by atoms with Crippen LogP contribution in [0.25, 0.3) is 5.70 Å². The van der Waals surface area contributed by atoms with Crippen molar-refractivity contribution in [3.05, 3.63) is 40.9 Å². The minimum atomic E-state index is -0.139. The maximum atomic E-state index is 12.3. The van der Waals surface area contributed by atoms with Crippen molar-refractivity contribution in [3.8, 4) is 0 Å². The number of hydrogen-bond acceptors (Lipinski definition) is 3. The number of carbonyl (C=O) groups excluding carboxylic acids is 2. The highest BCUT2D eigenvalue weighted by Crippen LogP contribution is 2.19. The topological polar surface area (TPSA) is 65.9 Å². The Labute approximate surface area is 171 Å². The number of quaternary nitrogens is 1. The molecule has 0 spiro atoms. The number of piperidine rings is 1. The van der Waals surface area contributed by atoms with Crippen LogP contribution in [-0.2, 0) is 9.59 Å². The van der Waals surface area contributed by atoms with Gasteiger partial charge in [-0.2, -0.15) is 0 Å². The standard InChI is InChI=1S/C21H29ClN4O2/c1-16-5-2-3-13-25(16)14-4-12-23-20(27)15-26-21(28)11-10-19(24-26)17-6-8-18(22)9-7-17/h6-10,16,24H,2-5,11-15H2,1H3,(H,23,27)/p+1. The fourth-order valence-corrected chi connectivity index (χ4v) is 3.99. The minimum absolute atomic E-state index is 0.0107. The number of carbonyl (C=O) groups is 2. The highest BCUT2D eigenvalue weighted by Gasteiger charge is 2.23. The van der Waals surface area contributed by atoms with Crippen LogP contribution in [0, 0.1) is 0 Å². The van der Waals surface area contributed by atoms with Crippen molar-refractivity contribution < 1.29 is 14.5 Å². The molecule has 0 bridgehead atoms. The van der Waals surface area contributed by atoms with E-state index in [1.54, 1.807) is 17.0 Å². The van der Waals surface area contributed by atoms with Crippen molar-refractivity contribution in [1.82, 2.24) is 15.8 Å². The van der Waals surface area contributed by atoms with E-state index in [4.69, 9.17) is 11.6 Å². The SMILES string of the molecule is CC1CCCC[NH+]1CCCNC(=O)CN1NC(c2ccc(Cl)cc2)=CCC1=O. The first-order valence-electron chi connectivity index (χ1n) is 10.2. The molecule has 2 amide bonds. The molecule has 0 saturated carbocycles. The molecule has 0 radical (unpaired) electrons. The summed E-state index contributed by atoms with van der Waals surface area (Å²) in [5.41, 5.74) is 4.80. The molecule has 1 aromatic rings. The van der Waals surface area contributed by atoms with Gasteiger partial charge in [-0.05, 0) is 50.0 Å². The average molecular weight is 406 g/mol. The molecule has 2 aliphatic heterocycles. The van der Waals surface area contributed by atoms with Gasteiger partial charge in [-0.15, -0.1) is 0 Å². The Kier molecular flexibility index (Phi) is 7.34. The molecule has 6 nitrogen and oxygen atoms in total. The van der Waals surface area contributed by atoms with Gasteiger partial charge in [0.05, 0.1) is 24.8 Å². The first-order chi connectivity index (χ1) is 13.5. The second kappa shape index (κ2) is 9.94. The van der Waals surface area contributed by atoms with Crippen LogP contribution in [-0.4, -0.2) is 49.0 Å². The molecule has 7 heteroatoms. The monoisotopic (exact) mass is 405 g/mol. The van der Waals surface area contributed by atoms with E-state index < -0.39 is 0 Å². The van der Waals surface area contributed by atoms with Crippen LogP contribution in [0.5, 0.6) is 0 Å². The van der Waals surface area contributed by atoms with Crippen molar-refractivity contribution >= 4 is 29.1 Å². The summed E-state index contributed by atoms with van der Waals surface area (Å²) in [6.07, 6.45) is 7.01. The molecule has 1 aromatic carbocycles. The molecule has 2 heterocycles. The van der Waals surface area contributed by atoms with E-state index in [-0.39, 0.29) is 24.8 Å². The van der Waals surface area contributed by atoms with Crippen molar-refractivity contribution in [2.75, 3.05) is 26.2 Å². The Morgan fingerprint density at radius 1 is 1.32 bits per heavy atom. The predicted molar refractivity (Wildman–Crippen MR) is 111 cm³/mol. The van der Waals surface area contributed by atoms with Gasteiger partial charge in [0.1, 0.15) is 6.54 Å². The average Bonchev–Trinajstić information content (AvgIpc) is 2.69. The van der Waals surface area contributed by atoms with Crippen molar-refractivity contribution in [1.29, 1.82) is 0 Å². The minimum Gasteiger partial charge on any atom is -0.354 e. The third-order valence-electron chi connectivity index (χ3n) is 5.57. The second-order valence-corrected chi connectivity index (χ2v) is 8.12. The van der Waals surface area contributed by atoms with Crippen LogP contribution in [0.15, 0.2) is 30.3 Å². The Morgan fingerprint density at radius 2 is 2.11 bits per heavy atom. The Bertz CT molecular complexity index is 720. The fraction of sp³-hybridized carbons (Fsp3) is 0.524. The predicted octanol–water partition coefficient (Wildman–Crippen LogP) is 1.38. The van der Waals surface area contributed by atoms with Gasteiger partial charge >= 0.3 is 0 Å². The summed E-state index contributed by atoms with van der Waals surface area (Å²) in [5.74, 6) is -0.251. The summed E-state index contributed by atoms with van der Waals surface area (Å²) in [7, 11) is 0. The number of nitrogens with zero attached hydrogens (tertiary/aromatic N) is 1. The van der Waals surface area contributed by atoms with Crippen LogP contribution in [0.1, 0.15) is 44.6 Å². The summed E-state index contributed by atoms with van der Waals surface area (Å²) in [4.78, 5) is 26.1. The van der Waals surface area contributed by atoms with Crippen molar-refractivity contribution in [3.63, 3.8) is 0 Å². The molecule has 152 valence electrons. The van der Waals surface area contributed by atoms with Gasteiger partial charge in [0.25, 0.3) is 0 Å². The lowest BCUT2D eigenvalue weighted by Gasteiger charge is -2.30. The summed E-state index contributed by atoms with van der Waals surface area (Å²) in [5, 5.41) is 4.99. The maximum Gasteiger partial charge on any atom is 0.245 e. The molecule has 2 aliphatic rings. The smallest absolute Gasteiger partial charge is 0.245 e. The molecule has 2 unspecified atom stereocenters. The zero-order chi connectivity index (χ0) is 19.9. The van der Waals surface area contributed by atoms with E-state index in [0.29, 0.717) is 11.6 Å². The Hall–Kier alpha value is -2.05. The number of benzene rings is 1. The fourth-order valence-electron chi connectivity index (χ4n) is 3.86. The summed E-state index contributed by atoms with van der Waals surface area (Å²) >= 11 is 5.93. The molecule has 1 saturated heterocycles. The van der Waals surface area contributed by atoms with E-state index in [9.17, 15) is 9.59 Å². The maximum absolute atomic E-state index is 12.3. The lowest BCUT2D eigenvalue weighted by molar-refractivity contribution is -0.928. The lowest BCUT2D eigenvalue weighted by Crippen LogP contribution is -3.16. The largest absolute Gasteiger partial charge is 0.354 e. The summed E-state index contributed by atoms with van der Waals surface area (Å²) in [6.45, 7) is 5.30. The van der Waals surface area contributed by atoms with Crippen LogP contribution >= 0.6 is 11.6 Å². The number of rotatable bonds is 7. The lowest BCUT2D eigenvalue weighted by atomic mass is 10.0. The Morgan fingerprint density at radius 3 is 2.86 bits per heavy atom. The molecular formula is C21H30ClN4O2+. The van der Waals surface area contributed by atoms with E-state index in [1.807, 2.05) is 18.2 Å². The number of likely N-dealkylation sites (tertiary alicyclic amines) is 1. The van der Waals surface area contributed by atoms with Crippen LogP contribution in [0.2, 0.25) is 5.02 Å². The van der Waals surface area contributed by atoms with E-state index >= 15 is 0 Å². The number of nitrogens with one attached hydrogen (secondary N) is 3. The second-order valence-electron chi connectivity index (χ2n) is 7.68. The molecule has 2 atom stereocenters. The molecule has 0 aromatic heterocycles. The van der Waals surface area contributed by atoms with E-state index in [0.717, 1.165) is 30.3 Å². The van der Waals surface area contributed by atoms with Gasteiger partial charge in [0.15, 0.2) is 0 Å². The summed E-state index contributed by atoms with van der Waals surface area (Å²) in [6, 6.07) is 8.10. The van der Waals surface area contributed by atoms with Crippen molar-refractivity contribution in [2.24, 2.45) is 0 Å². The van der Waals surface area contributed by atoms with Gasteiger partial charge in [0, 0.05) is 24.4 Å². The molecule has 28 heavy (non-hydrogen) atoms. The van der Waals surface area contributed by atoms with Gasteiger partial charge in [-0.1, -0.05) is 23.7 Å².